The van der Waals surface area contributed by atoms with Gasteiger partial charge in [-0.25, -0.2) is 4.79 Å². The highest BCUT2D eigenvalue weighted by atomic mass is 16.5. The fourth-order valence-electron chi connectivity index (χ4n) is 1.88. The second-order valence-electron chi connectivity index (χ2n) is 4.42. The molecular formula is C16H16O4. The van der Waals surface area contributed by atoms with Crippen LogP contribution in [0.25, 0.3) is 0 Å². The molecule has 0 aromatic heterocycles. The maximum Gasteiger partial charge on any atom is 0.335 e. The zero-order valence-corrected chi connectivity index (χ0v) is 11.0. The van der Waals surface area contributed by atoms with Crippen molar-refractivity contribution in [3.63, 3.8) is 0 Å². The normalized spacial score (nSPS) is 10.2. The minimum absolute atomic E-state index is 0.101. The van der Waals surface area contributed by atoms with E-state index in [-0.39, 0.29) is 12.2 Å². The molecule has 0 aliphatic carbocycles. The molecule has 4 heteroatoms. The van der Waals surface area contributed by atoms with Gasteiger partial charge in [-0.2, -0.15) is 0 Å². The minimum atomic E-state index is -0.947. The molecule has 4 nitrogen and oxygen atoms in total. The van der Waals surface area contributed by atoms with Crippen molar-refractivity contribution in [2.45, 2.75) is 13.0 Å². The summed E-state index contributed by atoms with van der Waals surface area (Å²) in [6, 6.07) is 14.2. The predicted molar refractivity (Wildman–Crippen MR) is 75.0 cm³/mol. The summed E-state index contributed by atoms with van der Waals surface area (Å²) in [5.74, 6) is -0.242. The van der Waals surface area contributed by atoms with Crippen molar-refractivity contribution in [2.24, 2.45) is 0 Å². The molecule has 0 spiro atoms. The second-order valence-corrected chi connectivity index (χ2v) is 4.42. The van der Waals surface area contributed by atoms with Gasteiger partial charge in [0.1, 0.15) is 12.4 Å². The lowest BCUT2D eigenvalue weighted by atomic mass is 10.1. The summed E-state index contributed by atoms with van der Waals surface area (Å²) in [6.45, 7) is 0.411. The monoisotopic (exact) mass is 272 g/mol. The van der Waals surface area contributed by atoms with Gasteiger partial charge in [-0.1, -0.05) is 24.3 Å². The van der Waals surface area contributed by atoms with Gasteiger partial charge in [-0.05, 0) is 41.8 Å². The van der Waals surface area contributed by atoms with Crippen molar-refractivity contribution in [1.29, 1.82) is 0 Å². The maximum absolute atomic E-state index is 10.9. The van der Waals surface area contributed by atoms with Gasteiger partial charge in [0, 0.05) is 6.61 Å². The number of aliphatic hydroxyl groups excluding tert-OH is 1. The maximum atomic E-state index is 10.9. The lowest BCUT2D eigenvalue weighted by molar-refractivity contribution is 0.0696. The summed E-state index contributed by atoms with van der Waals surface area (Å²) in [7, 11) is 0. The first kappa shape index (κ1) is 14.1. The van der Waals surface area contributed by atoms with Crippen molar-refractivity contribution in [2.75, 3.05) is 6.61 Å². The van der Waals surface area contributed by atoms with Crippen molar-refractivity contribution in [3.8, 4) is 5.75 Å². The van der Waals surface area contributed by atoms with Gasteiger partial charge in [0.2, 0.25) is 0 Å². The van der Waals surface area contributed by atoms with Crippen LogP contribution in [0.4, 0.5) is 0 Å². The number of aliphatic hydroxyl groups is 1. The van der Waals surface area contributed by atoms with Gasteiger partial charge < -0.3 is 14.9 Å². The summed E-state index contributed by atoms with van der Waals surface area (Å²) < 4.78 is 5.64. The van der Waals surface area contributed by atoms with Crippen LogP contribution in [0.15, 0.2) is 48.5 Å². The molecule has 0 aliphatic rings. The Morgan fingerprint density at radius 1 is 1.05 bits per heavy atom. The standard InChI is InChI=1S/C16H16O4/c17-8-7-12-3-2-6-15(10-12)20-11-13-4-1-5-14(9-13)16(18)19/h1-6,9-10,17H,7-8,11H2,(H,18,19). The topological polar surface area (TPSA) is 66.8 Å². The molecule has 2 aromatic rings. The van der Waals surface area contributed by atoms with Crippen LogP contribution < -0.4 is 4.74 Å². The SMILES string of the molecule is O=C(O)c1cccc(COc2cccc(CCO)c2)c1. The van der Waals surface area contributed by atoms with E-state index in [1.807, 2.05) is 30.3 Å². The molecule has 0 unspecified atom stereocenters. The van der Waals surface area contributed by atoms with Crippen molar-refractivity contribution in [1.82, 2.24) is 0 Å². The lowest BCUT2D eigenvalue weighted by Crippen LogP contribution is -2.00. The van der Waals surface area contributed by atoms with Crippen molar-refractivity contribution < 1.29 is 19.7 Å². The summed E-state index contributed by atoms with van der Waals surface area (Å²) in [5, 5.41) is 17.8. The first-order valence-electron chi connectivity index (χ1n) is 6.34. The highest BCUT2D eigenvalue weighted by molar-refractivity contribution is 5.87. The van der Waals surface area contributed by atoms with E-state index in [1.165, 1.54) is 0 Å². The van der Waals surface area contributed by atoms with Crippen LogP contribution in [0.5, 0.6) is 5.75 Å². The smallest absolute Gasteiger partial charge is 0.335 e. The molecule has 0 saturated heterocycles. The third-order valence-corrected chi connectivity index (χ3v) is 2.88. The van der Waals surface area contributed by atoms with E-state index in [0.29, 0.717) is 18.8 Å². The molecule has 104 valence electrons. The number of carboxylic acids is 1. The number of hydrogen-bond acceptors (Lipinski definition) is 3. The Hall–Kier alpha value is -2.33. The zero-order chi connectivity index (χ0) is 14.4. The summed E-state index contributed by atoms with van der Waals surface area (Å²) in [5.41, 5.74) is 2.06. The number of aromatic carboxylic acids is 1. The molecule has 2 N–H and O–H groups in total. The second kappa shape index (κ2) is 6.73. The average molecular weight is 272 g/mol. The van der Waals surface area contributed by atoms with Gasteiger partial charge in [0.05, 0.1) is 5.56 Å². The van der Waals surface area contributed by atoms with Crippen molar-refractivity contribution in [3.05, 3.63) is 65.2 Å². The van der Waals surface area contributed by atoms with Gasteiger partial charge in [0.15, 0.2) is 0 Å². The molecule has 0 fully saturated rings. The fourth-order valence-corrected chi connectivity index (χ4v) is 1.88. The summed E-state index contributed by atoms with van der Waals surface area (Å²) in [6.07, 6.45) is 0.589. The Morgan fingerprint density at radius 2 is 1.80 bits per heavy atom. The molecule has 0 radical (unpaired) electrons. The average Bonchev–Trinajstić information content (AvgIpc) is 2.46. The zero-order valence-electron chi connectivity index (χ0n) is 11.0. The molecule has 20 heavy (non-hydrogen) atoms. The first-order valence-corrected chi connectivity index (χ1v) is 6.34. The van der Waals surface area contributed by atoms with E-state index in [4.69, 9.17) is 14.9 Å². The number of ether oxygens (including phenoxy) is 1. The van der Waals surface area contributed by atoms with E-state index in [9.17, 15) is 4.79 Å². The number of rotatable bonds is 6. The van der Waals surface area contributed by atoms with Gasteiger partial charge in [-0.15, -0.1) is 0 Å². The van der Waals surface area contributed by atoms with E-state index < -0.39 is 5.97 Å². The minimum Gasteiger partial charge on any atom is -0.489 e. The number of benzene rings is 2. The molecule has 0 bridgehead atoms. The number of carboxylic acid groups (broad SMARTS) is 1. The highest BCUT2D eigenvalue weighted by Gasteiger charge is 2.04. The fraction of sp³-hybridized carbons (Fsp3) is 0.188. The largest absolute Gasteiger partial charge is 0.489 e. The Balaban J connectivity index is 2.03. The van der Waals surface area contributed by atoms with E-state index >= 15 is 0 Å². The predicted octanol–water partition coefficient (Wildman–Crippen LogP) is 2.50. The molecule has 0 atom stereocenters. The molecule has 0 heterocycles. The third-order valence-electron chi connectivity index (χ3n) is 2.88. The van der Waals surface area contributed by atoms with Crippen LogP contribution in [-0.2, 0) is 13.0 Å². The highest BCUT2D eigenvalue weighted by Crippen LogP contribution is 2.16. The van der Waals surface area contributed by atoms with Gasteiger partial charge in [0.25, 0.3) is 0 Å². The van der Waals surface area contributed by atoms with Crippen LogP contribution in [0.1, 0.15) is 21.5 Å². The Kier molecular flexibility index (Phi) is 4.74. The lowest BCUT2D eigenvalue weighted by Gasteiger charge is -2.08. The quantitative estimate of drug-likeness (QED) is 0.848. The first-order chi connectivity index (χ1) is 9.69. The van der Waals surface area contributed by atoms with Crippen LogP contribution in [0, 0.1) is 0 Å². The van der Waals surface area contributed by atoms with Gasteiger partial charge in [-0.3, -0.25) is 0 Å². The van der Waals surface area contributed by atoms with Crippen LogP contribution in [0.3, 0.4) is 0 Å². The molecular weight excluding hydrogens is 256 g/mol. The van der Waals surface area contributed by atoms with Gasteiger partial charge >= 0.3 is 5.97 Å². The Labute approximate surface area is 117 Å². The molecule has 2 rings (SSSR count). The summed E-state index contributed by atoms with van der Waals surface area (Å²) in [4.78, 5) is 10.9. The van der Waals surface area contributed by atoms with Crippen LogP contribution in [-0.4, -0.2) is 22.8 Å². The Bertz CT molecular complexity index is 593. The van der Waals surface area contributed by atoms with E-state index in [2.05, 4.69) is 0 Å². The molecule has 0 saturated carbocycles. The molecule has 0 amide bonds. The number of hydrogen-bond donors (Lipinski definition) is 2. The summed E-state index contributed by atoms with van der Waals surface area (Å²) >= 11 is 0. The van der Waals surface area contributed by atoms with Crippen molar-refractivity contribution >= 4 is 5.97 Å². The number of carbonyl (C=O) groups is 1. The molecule has 2 aromatic carbocycles. The van der Waals surface area contributed by atoms with Crippen LogP contribution >= 0.6 is 0 Å². The van der Waals surface area contributed by atoms with E-state index in [1.54, 1.807) is 18.2 Å². The Morgan fingerprint density at radius 3 is 2.55 bits per heavy atom. The molecule has 0 aliphatic heterocycles. The van der Waals surface area contributed by atoms with Crippen LogP contribution in [0.2, 0.25) is 0 Å². The third kappa shape index (κ3) is 3.83. The van der Waals surface area contributed by atoms with E-state index in [0.717, 1.165) is 11.1 Å².